The van der Waals surface area contributed by atoms with Crippen molar-refractivity contribution in [2.75, 3.05) is 0 Å². The monoisotopic (exact) mass is 249 g/mol. The van der Waals surface area contributed by atoms with Crippen molar-refractivity contribution in [3.05, 3.63) is 38.8 Å². The molecule has 0 amide bonds. The van der Waals surface area contributed by atoms with Gasteiger partial charge in [-0.2, -0.15) is 5.10 Å². The molecule has 4 heteroatoms. The second-order valence-electron chi connectivity index (χ2n) is 4.24. The first kappa shape index (κ1) is 12.3. The van der Waals surface area contributed by atoms with Crippen molar-refractivity contribution in [1.82, 2.24) is 15.5 Å². The van der Waals surface area contributed by atoms with Gasteiger partial charge < -0.3 is 5.32 Å². The predicted octanol–water partition coefficient (Wildman–Crippen LogP) is 2.94. The number of rotatable bonds is 5. The van der Waals surface area contributed by atoms with E-state index < -0.39 is 0 Å². The molecule has 92 valence electrons. The van der Waals surface area contributed by atoms with Gasteiger partial charge in [0.2, 0.25) is 0 Å². The number of thiophene rings is 1. The molecule has 2 heterocycles. The zero-order valence-electron chi connectivity index (χ0n) is 10.6. The van der Waals surface area contributed by atoms with Crippen LogP contribution in [0.15, 0.2) is 11.4 Å². The number of hydrogen-bond donors (Lipinski definition) is 2. The average molecular weight is 249 g/mol. The third kappa shape index (κ3) is 2.76. The molecule has 0 radical (unpaired) electrons. The zero-order valence-corrected chi connectivity index (χ0v) is 11.4. The summed E-state index contributed by atoms with van der Waals surface area (Å²) in [6.45, 7) is 8.15. The van der Waals surface area contributed by atoms with Gasteiger partial charge in [-0.3, -0.25) is 5.10 Å². The van der Waals surface area contributed by atoms with Gasteiger partial charge in [0.25, 0.3) is 0 Å². The highest BCUT2D eigenvalue weighted by atomic mass is 32.1. The number of nitrogens with one attached hydrogen (secondary N) is 2. The Morgan fingerprint density at radius 2 is 2.18 bits per heavy atom. The van der Waals surface area contributed by atoms with Crippen LogP contribution in [0.1, 0.15) is 34.3 Å². The molecule has 0 saturated heterocycles. The molecule has 0 aromatic carbocycles. The fourth-order valence-corrected chi connectivity index (χ4v) is 2.92. The van der Waals surface area contributed by atoms with E-state index in [1.165, 1.54) is 16.0 Å². The molecule has 2 aromatic rings. The third-order valence-electron chi connectivity index (χ3n) is 3.09. The van der Waals surface area contributed by atoms with E-state index in [1.54, 1.807) is 0 Å². The van der Waals surface area contributed by atoms with E-state index in [9.17, 15) is 0 Å². The van der Waals surface area contributed by atoms with Gasteiger partial charge in [-0.05, 0) is 37.3 Å². The van der Waals surface area contributed by atoms with Crippen LogP contribution in [0, 0.1) is 13.8 Å². The van der Waals surface area contributed by atoms with E-state index in [0.717, 1.165) is 30.9 Å². The zero-order chi connectivity index (χ0) is 12.3. The molecule has 0 aliphatic rings. The highest BCUT2D eigenvalue weighted by Gasteiger charge is 2.06. The maximum absolute atomic E-state index is 4.20. The molecule has 0 bridgehead atoms. The maximum atomic E-state index is 4.20. The summed E-state index contributed by atoms with van der Waals surface area (Å²) in [6.07, 6.45) is 1.12. The largest absolute Gasteiger partial charge is 0.308 e. The van der Waals surface area contributed by atoms with E-state index >= 15 is 0 Å². The van der Waals surface area contributed by atoms with Gasteiger partial charge in [0.1, 0.15) is 0 Å². The molecular weight excluding hydrogens is 230 g/mol. The van der Waals surface area contributed by atoms with Crippen LogP contribution in [0.3, 0.4) is 0 Å². The van der Waals surface area contributed by atoms with Gasteiger partial charge >= 0.3 is 0 Å². The minimum atomic E-state index is 0.884. The van der Waals surface area contributed by atoms with Crippen molar-refractivity contribution in [2.45, 2.75) is 40.3 Å². The molecule has 0 unspecified atom stereocenters. The summed E-state index contributed by atoms with van der Waals surface area (Å²) in [6, 6.07) is 2.22. The van der Waals surface area contributed by atoms with Gasteiger partial charge in [-0.25, -0.2) is 0 Å². The van der Waals surface area contributed by atoms with E-state index in [-0.39, 0.29) is 0 Å². The molecule has 0 spiro atoms. The van der Waals surface area contributed by atoms with Crippen LogP contribution in [0.25, 0.3) is 0 Å². The smallest absolute Gasteiger partial charge is 0.0638 e. The molecule has 2 N–H and O–H groups in total. The Hall–Kier alpha value is -1.13. The van der Waals surface area contributed by atoms with Gasteiger partial charge in [0.05, 0.1) is 5.69 Å². The molecule has 0 aliphatic heterocycles. The van der Waals surface area contributed by atoms with Crippen molar-refractivity contribution < 1.29 is 0 Å². The molecule has 0 saturated carbocycles. The molecule has 2 aromatic heterocycles. The summed E-state index contributed by atoms with van der Waals surface area (Å²) < 4.78 is 0. The highest BCUT2D eigenvalue weighted by molar-refractivity contribution is 7.10. The van der Waals surface area contributed by atoms with Crippen molar-refractivity contribution in [1.29, 1.82) is 0 Å². The van der Waals surface area contributed by atoms with Crippen LogP contribution in [-0.2, 0) is 19.5 Å². The minimum Gasteiger partial charge on any atom is -0.308 e. The van der Waals surface area contributed by atoms with Crippen LogP contribution >= 0.6 is 11.3 Å². The molecule has 2 rings (SSSR count). The Bertz CT molecular complexity index is 465. The fraction of sp³-hybridized carbons (Fsp3) is 0.462. The summed E-state index contributed by atoms with van der Waals surface area (Å²) >= 11 is 1.83. The van der Waals surface area contributed by atoms with Gasteiger partial charge in [0.15, 0.2) is 0 Å². The molecule has 3 nitrogen and oxygen atoms in total. The maximum Gasteiger partial charge on any atom is 0.0638 e. The second-order valence-corrected chi connectivity index (χ2v) is 5.24. The summed E-state index contributed by atoms with van der Waals surface area (Å²) in [4.78, 5) is 1.45. The van der Waals surface area contributed by atoms with Crippen molar-refractivity contribution in [3.8, 4) is 0 Å². The number of aromatic nitrogens is 2. The third-order valence-corrected chi connectivity index (χ3v) is 4.05. The van der Waals surface area contributed by atoms with E-state index in [0.29, 0.717) is 0 Å². The molecule has 0 aliphatic carbocycles. The number of nitrogens with zero attached hydrogens (tertiary/aromatic N) is 1. The van der Waals surface area contributed by atoms with E-state index in [1.807, 2.05) is 18.3 Å². The van der Waals surface area contributed by atoms with E-state index in [2.05, 4.69) is 40.8 Å². The van der Waals surface area contributed by atoms with Crippen LogP contribution in [0.2, 0.25) is 0 Å². The normalized spacial score (nSPS) is 11.0. The lowest BCUT2D eigenvalue weighted by atomic mass is 10.2. The number of aryl methyl sites for hydroxylation is 3. The minimum absolute atomic E-state index is 0.884. The topological polar surface area (TPSA) is 40.7 Å². The Balaban J connectivity index is 1.92. The fourth-order valence-electron chi connectivity index (χ4n) is 1.97. The summed E-state index contributed by atoms with van der Waals surface area (Å²) in [5.74, 6) is 0. The molecule has 0 fully saturated rings. The van der Waals surface area contributed by atoms with Crippen LogP contribution in [0.4, 0.5) is 0 Å². The lowest BCUT2D eigenvalue weighted by molar-refractivity contribution is 0.691. The molecule has 17 heavy (non-hydrogen) atoms. The number of aromatic amines is 1. The Morgan fingerprint density at radius 1 is 1.35 bits per heavy atom. The predicted molar refractivity (Wildman–Crippen MR) is 72.3 cm³/mol. The van der Waals surface area contributed by atoms with Crippen LogP contribution < -0.4 is 5.32 Å². The lowest BCUT2D eigenvalue weighted by Crippen LogP contribution is -2.13. The quantitative estimate of drug-likeness (QED) is 0.855. The van der Waals surface area contributed by atoms with Crippen molar-refractivity contribution in [2.24, 2.45) is 0 Å². The van der Waals surface area contributed by atoms with Crippen LogP contribution in [0.5, 0.6) is 0 Å². The van der Waals surface area contributed by atoms with Crippen molar-refractivity contribution >= 4 is 11.3 Å². The van der Waals surface area contributed by atoms with Crippen LogP contribution in [-0.4, -0.2) is 10.2 Å². The number of hydrogen-bond acceptors (Lipinski definition) is 3. The number of H-pyrrole nitrogens is 1. The Morgan fingerprint density at radius 3 is 2.82 bits per heavy atom. The molecule has 0 atom stereocenters. The van der Waals surface area contributed by atoms with E-state index in [4.69, 9.17) is 0 Å². The Labute approximate surface area is 106 Å². The standard InChI is InChI=1S/C13H19N3S/c1-4-11-5-6-17-13(11)8-14-7-12-9(2)15-16-10(12)3/h5-6,14H,4,7-8H2,1-3H3,(H,15,16). The van der Waals surface area contributed by atoms with Crippen molar-refractivity contribution in [3.63, 3.8) is 0 Å². The first-order chi connectivity index (χ1) is 8.22. The lowest BCUT2D eigenvalue weighted by Gasteiger charge is -2.05. The first-order valence-electron chi connectivity index (χ1n) is 5.98. The first-order valence-corrected chi connectivity index (χ1v) is 6.86. The SMILES string of the molecule is CCc1ccsc1CNCc1c(C)n[nH]c1C. The summed E-state index contributed by atoms with van der Waals surface area (Å²) in [7, 11) is 0. The van der Waals surface area contributed by atoms with Gasteiger partial charge in [-0.1, -0.05) is 6.92 Å². The highest BCUT2D eigenvalue weighted by Crippen LogP contribution is 2.17. The Kier molecular flexibility index (Phi) is 3.97. The molecular formula is C13H19N3S. The van der Waals surface area contributed by atoms with Gasteiger partial charge in [-0.15, -0.1) is 11.3 Å². The average Bonchev–Trinajstić information content (AvgIpc) is 2.89. The summed E-state index contributed by atoms with van der Waals surface area (Å²) in [5, 5.41) is 12.9. The summed E-state index contributed by atoms with van der Waals surface area (Å²) in [5.41, 5.74) is 5.01. The second kappa shape index (κ2) is 5.47. The van der Waals surface area contributed by atoms with Gasteiger partial charge in [0, 0.05) is 29.2 Å².